The molecule has 0 radical (unpaired) electrons. The van der Waals surface area contributed by atoms with Crippen LogP contribution < -0.4 is 4.90 Å². The molecule has 18 heavy (non-hydrogen) atoms. The SMILES string of the molecule is CN1C(=O)CN(c2nc(Cl)ncc2F)CC12CC2. The molecule has 1 saturated heterocycles. The van der Waals surface area contributed by atoms with Gasteiger partial charge in [-0.15, -0.1) is 0 Å². The summed E-state index contributed by atoms with van der Waals surface area (Å²) in [5.41, 5.74) is -0.140. The molecule has 2 fully saturated rings. The van der Waals surface area contributed by atoms with E-state index in [1.165, 1.54) is 0 Å². The van der Waals surface area contributed by atoms with Crippen LogP contribution in [0.15, 0.2) is 6.20 Å². The van der Waals surface area contributed by atoms with Crippen LogP contribution in [0.3, 0.4) is 0 Å². The maximum atomic E-state index is 13.7. The highest BCUT2D eigenvalue weighted by Crippen LogP contribution is 2.44. The molecule has 1 amide bonds. The summed E-state index contributed by atoms with van der Waals surface area (Å²) in [5, 5.41) is -0.0115. The Morgan fingerprint density at radius 3 is 2.89 bits per heavy atom. The van der Waals surface area contributed by atoms with Gasteiger partial charge >= 0.3 is 0 Å². The van der Waals surface area contributed by atoms with E-state index in [1.54, 1.807) is 16.8 Å². The molecular weight excluding hydrogens is 259 g/mol. The Kier molecular flexibility index (Phi) is 2.45. The molecule has 1 aromatic heterocycles. The average Bonchev–Trinajstić information content (AvgIpc) is 3.10. The lowest BCUT2D eigenvalue weighted by molar-refractivity contribution is -0.132. The van der Waals surface area contributed by atoms with E-state index in [-0.39, 0.29) is 29.1 Å². The highest BCUT2D eigenvalue weighted by atomic mass is 35.5. The van der Waals surface area contributed by atoms with Crippen molar-refractivity contribution in [1.29, 1.82) is 0 Å². The average molecular weight is 271 g/mol. The first kappa shape index (κ1) is 11.6. The molecule has 2 heterocycles. The van der Waals surface area contributed by atoms with E-state index < -0.39 is 5.82 Å². The first-order chi connectivity index (χ1) is 8.52. The van der Waals surface area contributed by atoms with E-state index in [9.17, 15) is 9.18 Å². The number of anilines is 1. The van der Waals surface area contributed by atoms with Gasteiger partial charge in [-0.1, -0.05) is 0 Å². The molecule has 1 aliphatic heterocycles. The van der Waals surface area contributed by atoms with Gasteiger partial charge in [-0.25, -0.2) is 9.37 Å². The van der Waals surface area contributed by atoms with Crippen LogP contribution in [0.2, 0.25) is 5.28 Å². The van der Waals surface area contributed by atoms with Gasteiger partial charge in [0.15, 0.2) is 11.6 Å². The molecule has 1 spiro atoms. The molecule has 2 aliphatic rings. The van der Waals surface area contributed by atoms with Crippen LogP contribution in [0.1, 0.15) is 12.8 Å². The number of carbonyl (C=O) groups excluding carboxylic acids is 1. The molecule has 3 rings (SSSR count). The van der Waals surface area contributed by atoms with Crippen LogP contribution in [-0.4, -0.2) is 46.5 Å². The van der Waals surface area contributed by atoms with Gasteiger partial charge in [0.25, 0.3) is 0 Å². The molecule has 5 nitrogen and oxygen atoms in total. The number of piperazine rings is 1. The van der Waals surface area contributed by atoms with Gasteiger partial charge in [-0.2, -0.15) is 4.98 Å². The van der Waals surface area contributed by atoms with Gasteiger partial charge in [-0.3, -0.25) is 4.79 Å². The Hall–Kier alpha value is -1.43. The fourth-order valence-corrected chi connectivity index (χ4v) is 2.53. The van der Waals surface area contributed by atoms with Crippen molar-refractivity contribution >= 4 is 23.3 Å². The number of hydrogen-bond acceptors (Lipinski definition) is 4. The van der Waals surface area contributed by atoms with E-state index in [0.717, 1.165) is 19.0 Å². The predicted molar refractivity (Wildman–Crippen MR) is 63.9 cm³/mol. The molecule has 0 atom stereocenters. The number of halogens is 2. The van der Waals surface area contributed by atoms with E-state index >= 15 is 0 Å². The third-order valence-corrected chi connectivity index (χ3v) is 3.90. The fraction of sp³-hybridized carbons (Fsp3) is 0.545. The zero-order valence-corrected chi connectivity index (χ0v) is 10.6. The number of likely N-dealkylation sites (N-methyl/N-ethyl adjacent to an activating group) is 1. The maximum Gasteiger partial charge on any atom is 0.242 e. The number of hydrogen-bond donors (Lipinski definition) is 0. The maximum absolute atomic E-state index is 13.7. The van der Waals surface area contributed by atoms with Crippen molar-refractivity contribution in [1.82, 2.24) is 14.9 Å². The van der Waals surface area contributed by atoms with Gasteiger partial charge in [0.2, 0.25) is 11.2 Å². The monoisotopic (exact) mass is 270 g/mol. The topological polar surface area (TPSA) is 49.3 Å². The molecule has 0 N–H and O–H groups in total. The third-order valence-electron chi connectivity index (χ3n) is 3.72. The standard InChI is InChI=1S/C11H12ClFN4O/c1-16-8(18)5-17(6-11(16)2-3-11)9-7(13)4-14-10(12)15-9/h4H,2-3,5-6H2,1H3. The second-order valence-electron chi connectivity index (χ2n) is 4.84. The minimum absolute atomic E-state index is 0.0115. The van der Waals surface area contributed by atoms with Gasteiger partial charge in [0, 0.05) is 13.6 Å². The summed E-state index contributed by atoms with van der Waals surface area (Å²) in [6, 6.07) is 0. The summed E-state index contributed by atoms with van der Waals surface area (Å²) in [6.45, 7) is 0.724. The molecule has 96 valence electrons. The summed E-state index contributed by atoms with van der Waals surface area (Å²) >= 11 is 5.68. The van der Waals surface area contributed by atoms with Gasteiger partial charge in [0.1, 0.15) is 0 Å². The molecule has 7 heteroatoms. The van der Waals surface area contributed by atoms with E-state index in [0.29, 0.717) is 6.54 Å². The normalized spacial score (nSPS) is 21.6. The van der Waals surface area contributed by atoms with E-state index in [1.807, 2.05) is 0 Å². The van der Waals surface area contributed by atoms with Crippen molar-refractivity contribution in [2.24, 2.45) is 0 Å². The Balaban J connectivity index is 1.93. The van der Waals surface area contributed by atoms with Gasteiger partial charge in [0.05, 0.1) is 18.3 Å². The molecule has 1 saturated carbocycles. The van der Waals surface area contributed by atoms with Crippen molar-refractivity contribution < 1.29 is 9.18 Å². The number of aromatic nitrogens is 2. The largest absolute Gasteiger partial charge is 0.342 e. The Labute approximate surface area is 109 Å². The Morgan fingerprint density at radius 2 is 2.22 bits per heavy atom. The van der Waals surface area contributed by atoms with Crippen molar-refractivity contribution in [2.75, 3.05) is 25.0 Å². The lowest BCUT2D eigenvalue weighted by atomic mass is 10.1. The number of rotatable bonds is 1. The number of carbonyl (C=O) groups is 1. The van der Waals surface area contributed by atoms with Crippen molar-refractivity contribution in [3.63, 3.8) is 0 Å². The summed E-state index contributed by atoms with van der Waals surface area (Å²) in [7, 11) is 1.80. The minimum Gasteiger partial charge on any atom is -0.342 e. The van der Waals surface area contributed by atoms with Gasteiger partial charge < -0.3 is 9.80 Å². The zero-order chi connectivity index (χ0) is 12.9. The van der Waals surface area contributed by atoms with E-state index in [4.69, 9.17) is 11.6 Å². The molecular formula is C11H12ClFN4O. The van der Waals surface area contributed by atoms with Crippen LogP contribution in [-0.2, 0) is 4.79 Å². The molecule has 0 aromatic carbocycles. The third kappa shape index (κ3) is 1.71. The highest BCUT2D eigenvalue weighted by molar-refractivity contribution is 6.28. The smallest absolute Gasteiger partial charge is 0.242 e. The molecule has 1 aliphatic carbocycles. The quantitative estimate of drug-likeness (QED) is 0.717. The predicted octanol–water partition coefficient (Wildman–Crippen LogP) is 1.08. The Bertz CT molecular complexity index is 520. The highest BCUT2D eigenvalue weighted by Gasteiger charge is 2.52. The summed E-state index contributed by atoms with van der Waals surface area (Å²) in [4.78, 5) is 22.8. The van der Waals surface area contributed by atoms with E-state index in [2.05, 4.69) is 9.97 Å². The lowest BCUT2D eigenvalue weighted by Crippen LogP contribution is -2.57. The second-order valence-corrected chi connectivity index (χ2v) is 5.18. The first-order valence-corrected chi connectivity index (χ1v) is 6.09. The number of nitrogens with zero attached hydrogens (tertiary/aromatic N) is 4. The van der Waals surface area contributed by atoms with Crippen molar-refractivity contribution in [3.05, 3.63) is 17.3 Å². The lowest BCUT2D eigenvalue weighted by Gasteiger charge is -2.40. The van der Waals surface area contributed by atoms with Crippen LogP contribution in [0.5, 0.6) is 0 Å². The molecule has 0 unspecified atom stereocenters. The van der Waals surface area contributed by atoms with Crippen LogP contribution in [0.25, 0.3) is 0 Å². The number of amides is 1. The second kappa shape index (κ2) is 3.78. The molecule has 1 aromatic rings. The first-order valence-electron chi connectivity index (χ1n) is 5.71. The minimum atomic E-state index is -0.549. The fourth-order valence-electron chi connectivity index (χ4n) is 2.40. The Morgan fingerprint density at radius 1 is 1.50 bits per heavy atom. The zero-order valence-electron chi connectivity index (χ0n) is 9.86. The summed E-state index contributed by atoms with van der Waals surface area (Å²) in [6.07, 6.45) is 2.94. The van der Waals surface area contributed by atoms with Crippen molar-refractivity contribution in [3.8, 4) is 0 Å². The van der Waals surface area contributed by atoms with Crippen molar-refractivity contribution in [2.45, 2.75) is 18.4 Å². The van der Waals surface area contributed by atoms with Crippen LogP contribution in [0, 0.1) is 5.82 Å². The van der Waals surface area contributed by atoms with Crippen LogP contribution in [0.4, 0.5) is 10.2 Å². The van der Waals surface area contributed by atoms with Gasteiger partial charge in [-0.05, 0) is 24.4 Å². The summed E-state index contributed by atoms with van der Waals surface area (Å²) < 4.78 is 13.7. The van der Waals surface area contributed by atoms with Crippen LogP contribution >= 0.6 is 11.6 Å². The molecule has 0 bridgehead atoms. The summed E-state index contributed by atoms with van der Waals surface area (Å²) in [5.74, 6) is -0.455.